The van der Waals surface area contributed by atoms with Crippen LogP contribution in [0, 0.1) is 0 Å². The van der Waals surface area contributed by atoms with E-state index in [0.29, 0.717) is 22.2 Å². The van der Waals surface area contributed by atoms with Gasteiger partial charge in [0, 0.05) is 11.1 Å². The molecular weight excluding hydrogens is 282 g/mol. The molecule has 0 fully saturated rings. The van der Waals surface area contributed by atoms with Crippen LogP contribution in [0.3, 0.4) is 0 Å². The highest BCUT2D eigenvalue weighted by molar-refractivity contribution is 6.33. The molecule has 0 radical (unpaired) electrons. The van der Waals surface area contributed by atoms with Crippen molar-refractivity contribution in [1.82, 2.24) is 9.97 Å². The number of ether oxygens (including phenoxy) is 1. The summed E-state index contributed by atoms with van der Waals surface area (Å²) in [6.07, 6.45) is 0. The van der Waals surface area contributed by atoms with E-state index in [0.717, 1.165) is 0 Å². The van der Waals surface area contributed by atoms with Gasteiger partial charge in [-0.1, -0.05) is 34.8 Å². The van der Waals surface area contributed by atoms with Gasteiger partial charge in [0.2, 0.25) is 0 Å². The molecule has 3 nitrogen and oxygen atoms in total. The summed E-state index contributed by atoms with van der Waals surface area (Å²) in [6, 6.07) is 6.62. The van der Waals surface area contributed by atoms with Crippen molar-refractivity contribution in [2.45, 2.75) is 0 Å². The van der Waals surface area contributed by atoms with Crippen LogP contribution in [0.2, 0.25) is 15.3 Å². The SMILES string of the molecule is COc1cc(Cl)ccc1-c1nc(Cl)cc(Cl)n1. The van der Waals surface area contributed by atoms with Crippen molar-refractivity contribution in [2.24, 2.45) is 0 Å². The van der Waals surface area contributed by atoms with Gasteiger partial charge in [-0.15, -0.1) is 0 Å². The maximum atomic E-state index is 5.87. The molecule has 0 spiro atoms. The van der Waals surface area contributed by atoms with Gasteiger partial charge in [-0.2, -0.15) is 0 Å². The highest BCUT2D eigenvalue weighted by atomic mass is 35.5. The summed E-state index contributed by atoms with van der Waals surface area (Å²) >= 11 is 17.5. The van der Waals surface area contributed by atoms with Crippen LogP contribution >= 0.6 is 34.8 Å². The summed E-state index contributed by atoms with van der Waals surface area (Å²) in [7, 11) is 1.54. The van der Waals surface area contributed by atoms with Gasteiger partial charge in [0.1, 0.15) is 16.1 Å². The highest BCUT2D eigenvalue weighted by Crippen LogP contribution is 2.31. The number of methoxy groups -OCH3 is 1. The number of halogens is 3. The Morgan fingerprint density at radius 3 is 2.24 bits per heavy atom. The largest absolute Gasteiger partial charge is 0.496 e. The van der Waals surface area contributed by atoms with Crippen LogP contribution in [-0.2, 0) is 0 Å². The predicted octanol–water partition coefficient (Wildman–Crippen LogP) is 4.11. The van der Waals surface area contributed by atoms with E-state index in [1.165, 1.54) is 6.07 Å². The number of aromatic nitrogens is 2. The first-order valence-corrected chi connectivity index (χ1v) is 5.77. The molecule has 0 aliphatic heterocycles. The number of rotatable bonds is 2. The molecule has 17 heavy (non-hydrogen) atoms. The molecule has 0 aliphatic carbocycles. The lowest BCUT2D eigenvalue weighted by Crippen LogP contribution is -1.94. The summed E-state index contributed by atoms with van der Waals surface area (Å²) in [5.41, 5.74) is 0.682. The molecule has 0 unspecified atom stereocenters. The second kappa shape index (κ2) is 5.08. The standard InChI is InChI=1S/C11H7Cl3N2O/c1-17-8-4-6(12)2-3-7(8)11-15-9(13)5-10(14)16-11/h2-5H,1H3. The van der Waals surface area contributed by atoms with Gasteiger partial charge >= 0.3 is 0 Å². The first-order valence-electron chi connectivity index (χ1n) is 4.64. The molecule has 0 saturated carbocycles. The van der Waals surface area contributed by atoms with Gasteiger partial charge < -0.3 is 4.74 Å². The van der Waals surface area contributed by atoms with Gasteiger partial charge in [0.15, 0.2) is 5.82 Å². The second-order valence-corrected chi connectivity index (χ2v) is 4.39. The Morgan fingerprint density at radius 1 is 1.00 bits per heavy atom. The lowest BCUT2D eigenvalue weighted by atomic mass is 10.2. The van der Waals surface area contributed by atoms with E-state index in [4.69, 9.17) is 39.5 Å². The third kappa shape index (κ3) is 2.80. The summed E-state index contributed by atoms with van der Waals surface area (Å²) in [5.74, 6) is 0.965. The van der Waals surface area contributed by atoms with E-state index in [1.807, 2.05) is 0 Å². The highest BCUT2D eigenvalue weighted by Gasteiger charge is 2.11. The first kappa shape index (κ1) is 12.4. The Morgan fingerprint density at radius 2 is 1.65 bits per heavy atom. The molecule has 0 aliphatic rings. The van der Waals surface area contributed by atoms with Crippen LogP contribution in [0.4, 0.5) is 0 Å². The third-order valence-corrected chi connectivity index (χ3v) is 2.69. The zero-order valence-corrected chi connectivity index (χ0v) is 11.0. The molecule has 1 heterocycles. The number of benzene rings is 1. The van der Waals surface area contributed by atoms with Crippen molar-refractivity contribution in [3.8, 4) is 17.1 Å². The fourth-order valence-corrected chi connectivity index (χ4v) is 1.95. The zero-order valence-electron chi connectivity index (χ0n) is 8.75. The fourth-order valence-electron chi connectivity index (χ4n) is 1.36. The smallest absolute Gasteiger partial charge is 0.166 e. The Labute approximate surface area is 113 Å². The minimum absolute atomic E-state index is 0.275. The summed E-state index contributed by atoms with van der Waals surface area (Å²) in [4.78, 5) is 8.18. The van der Waals surface area contributed by atoms with E-state index >= 15 is 0 Å². The molecule has 0 atom stereocenters. The molecule has 0 bridgehead atoms. The number of hydrogen-bond donors (Lipinski definition) is 0. The Bertz CT molecular complexity index is 540. The maximum absolute atomic E-state index is 5.87. The van der Waals surface area contributed by atoms with E-state index in [-0.39, 0.29) is 10.3 Å². The lowest BCUT2D eigenvalue weighted by Gasteiger charge is -2.08. The Hall–Kier alpha value is -1.03. The van der Waals surface area contributed by atoms with Gasteiger partial charge in [-0.25, -0.2) is 9.97 Å². The zero-order chi connectivity index (χ0) is 12.4. The quantitative estimate of drug-likeness (QED) is 0.780. The van der Waals surface area contributed by atoms with Crippen molar-refractivity contribution in [3.63, 3.8) is 0 Å². The van der Waals surface area contributed by atoms with E-state index in [9.17, 15) is 0 Å². The van der Waals surface area contributed by atoms with Gasteiger partial charge in [0.25, 0.3) is 0 Å². The maximum Gasteiger partial charge on any atom is 0.166 e. The summed E-state index contributed by atoms with van der Waals surface area (Å²) < 4.78 is 5.21. The molecule has 0 saturated heterocycles. The lowest BCUT2D eigenvalue weighted by molar-refractivity contribution is 0.416. The molecule has 1 aromatic heterocycles. The fraction of sp³-hybridized carbons (Fsp3) is 0.0909. The first-order chi connectivity index (χ1) is 8.10. The minimum atomic E-state index is 0.275. The molecule has 0 amide bonds. The van der Waals surface area contributed by atoms with Crippen LogP contribution in [-0.4, -0.2) is 17.1 Å². The van der Waals surface area contributed by atoms with Crippen molar-refractivity contribution in [3.05, 3.63) is 39.6 Å². The normalized spacial score (nSPS) is 10.4. The summed E-state index contributed by atoms with van der Waals surface area (Å²) in [6.45, 7) is 0. The van der Waals surface area contributed by atoms with Crippen LogP contribution in [0.15, 0.2) is 24.3 Å². The van der Waals surface area contributed by atoms with Gasteiger partial charge in [-0.3, -0.25) is 0 Å². The molecule has 1 aromatic carbocycles. The van der Waals surface area contributed by atoms with Gasteiger partial charge in [-0.05, 0) is 18.2 Å². The molecule has 2 rings (SSSR count). The van der Waals surface area contributed by atoms with Crippen LogP contribution in [0.5, 0.6) is 5.75 Å². The second-order valence-electron chi connectivity index (χ2n) is 3.18. The van der Waals surface area contributed by atoms with Crippen molar-refractivity contribution in [2.75, 3.05) is 7.11 Å². The Balaban J connectivity index is 2.59. The van der Waals surface area contributed by atoms with E-state index in [2.05, 4.69) is 9.97 Å². The van der Waals surface area contributed by atoms with Crippen LogP contribution in [0.25, 0.3) is 11.4 Å². The van der Waals surface area contributed by atoms with Crippen LogP contribution < -0.4 is 4.74 Å². The molecule has 2 aromatic rings. The predicted molar refractivity (Wildman–Crippen MR) is 69.1 cm³/mol. The molecular formula is C11H7Cl3N2O. The van der Waals surface area contributed by atoms with Crippen molar-refractivity contribution in [1.29, 1.82) is 0 Å². The topological polar surface area (TPSA) is 35.0 Å². The minimum Gasteiger partial charge on any atom is -0.496 e. The van der Waals surface area contributed by atoms with Gasteiger partial charge in [0.05, 0.1) is 12.7 Å². The van der Waals surface area contributed by atoms with E-state index in [1.54, 1.807) is 25.3 Å². The molecule has 88 valence electrons. The van der Waals surface area contributed by atoms with Crippen molar-refractivity contribution < 1.29 is 4.74 Å². The number of nitrogens with zero attached hydrogens (tertiary/aromatic N) is 2. The monoisotopic (exact) mass is 288 g/mol. The average Bonchev–Trinajstić information content (AvgIpc) is 2.27. The Kier molecular flexibility index (Phi) is 3.72. The summed E-state index contributed by atoms with van der Waals surface area (Å²) in [5, 5.41) is 1.12. The van der Waals surface area contributed by atoms with E-state index < -0.39 is 0 Å². The average molecular weight is 290 g/mol. The van der Waals surface area contributed by atoms with Crippen molar-refractivity contribution >= 4 is 34.8 Å². The third-order valence-electron chi connectivity index (χ3n) is 2.07. The molecule has 6 heteroatoms. The van der Waals surface area contributed by atoms with Crippen LogP contribution in [0.1, 0.15) is 0 Å². The number of hydrogen-bond acceptors (Lipinski definition) is 3. The molecule has 0 N–H and O–H groups in total.